The Hall–Kier alpha value is -2.29. The molecule has 1 heterocycles. The van der Waals surface area contributed by atoms with Gasteiger partial charge in [0.15, 0.2) is 0 Å². The van der Waals surface area contributed by atoms with E-state index in [1.807, 2.05) is 12.1 Å². The van der Waals surface area contributed by atoms with Gasteiger partial charge in [-0.25, -0.2) is 4.98 Å². The molecule has 0 radical (unpaired) electrons. The number of anilines is 1. The van der Waals surface area contributed by atoms with Crippen molar-refractivity contribution in [3.05, 3.63) is 59.9 Å². The van der Waals surface area contributed by atoms with Crippen LogP contribution in [-0.4, -0.2) is 9.55 Å². The maximum Gasteiger partial charge on any atom is 0.112 e. The molecular weight excluding hydrogens is 270 g/mol. The van der Waals surface area contributed by atoms with Crippen LogP contribution in [0.2, 0.25) is 0 Å². The first-order chi connectivity index (χ1) is 10.6. The van der Waals surface area contributed by atoms with E-state index >= 15 is 0 Å². The smallest absolute Gasteiger partial charge is 0.112 e. The molecule has 0 amide bonds. The van der Waals surface area contributed by atoms with Crippen LogP contribution < -0.4 is 5.73 Å². The molecule has 3 heteroatoms. The van der Waals surface area contributed by atoms with E-state index in [1.54, 1.807) is 0 Å². The molecule has 2 N–H and O–H groups in total. The van der Waals surface area contributed by atoms with E-state index in [4.69, 9.17) is 10.7 Å². The Labute approximate surface area is 131 Å². The average molecular weight is 293 g/mol. The second-order valence-corrected chi connectivity index (χ2v) is 6.23. The molecule has 0 spiro atoms. The lowest BCUT2D eigenvalue weighted by Gasteiger charge is -2.12. The number of hydrogen-bond donors (Lipinski definition) is 1. The molecule has 3 rings (SSSR count). The molecule has 1 aromatic heterocycles. The lowest BCUT2D eigenvalue weighted by molar-refractivity contribution is 0.516. The highest BCUT2D eigenvalue weighted by molar-refractivity contribution is 5.87. The monoisotopic (exact) mass is 293 g/mol. The van der Waals surface area contributed by atoms with Gasteiger partial charge in [0.05, 0.1) is 11.2 Å². The fourth-order valence-corrected chi connectivity index (χ4v) is 2.88. The van der Waals surface area contributed by atoms with E-state index in [-0.39, 0.29) is 0 Å². The molecule has 0 atom stereocenters. The third kappa shape index (κ3) is 2.98. The second kappa shape index (κ2) is 6.22. The summed E-state index contributed by atoms with van der Waals surface area (Å²) in [7, 11) is 0. The Kier molecular flexibility index (Phi) is 4.14. The van der Waals surface area contributed by atoms with Crippen molar-refractivity contribution >= 4 is 16.7 Å². The number of aromatic nitrogens is 2. The zero-order valence-electron chi connectivity index (χ0n) is 13.3. The van der Waals surface area contributed by atoms with E-state index < -0.39 is 0 Å². The van der Waals surface area contributed by atoms with Crippen molar-refractivity contribution in [1.82, 2.24) is 9.55 Å². The normalized spacial score (nSPS) is 11.4. The Morgan fingerprint density at radius 3 is 2.50 bits per heavy atom. The van der Waals surface area contributed by atoms with Crippen LogP contribution in [0.3, 0.4) is 0 Å². The van der Waals surface area contributed by atoms with E-state index in [9.17, 15) is 0 Å². The van der Waals surface area contributed by atoms with Gasteiger partial charge in [-0.3, -0.25) is 0 Å². The van der Waals surface area contributed by atoms with Crippen LogP contribution in [-0.2, 0) is 19.4 Å². The quantitative estimate of drug-likeness (QED) is 0.721. The first-order valence-corrected chi connectivity index (χ1v) is 7.92. The lowest BCUT2D eigenvalue weighted by atomic mass is 10.1. The number of rotatable bonds is 5. The van der Waals surface area contributed by atoms with Gasteiger partial charge in [0.25, 0.3) is 0 Å². The van der Waals surface area contributed by atoms with Crippen LogP contribution in [0.5, 0.6) is 0 Å². The van der Waals surface area contributed by atoms with Gasteiger partial charge >= 0.3 is 0 Å². The third-order valence-electron chi connectivity index (χ3n) is 3.92. The van der Waals surface area contributed by atoms with Gasteiger partial charge in [0.2, 0.25) is 0 Å². The van der Waals surface area contributed by atoms with Crippen molar-refractivity contribution in [1.29, 1.82) is 0 Å². The summed E-state index contributed by atoms with van der Waals surface area (Å²) in [5.74, 6) is 1.71. The minimum atomic E-state index is 0.578. The topological polar surface area (TPSA) is 43.8 Å². The van der Waals surface area contributed by atoms with Crippen molar-refractivity contribution in [2.75, 3.05) is 5.73 Å². The summed E-state index contributed by atoms with van der Waals surface area (Å²) in [4.78, 5) is 4.82. The molecule has 0 aliphatic heterocycles. The van der Waals surface area contributed by atoms with Crippen molar-refractivity contribution in [3.8, 4) is 0 Å². The first kappa shape index (κ1) is 14.6. The maximum absolute atomic E-state index is 6.10. The summed E-state index contributed by atoms with van der Waals surface area (Å²) >= 11 is 0. The summed E-state index contributed by atoms with van der Waals surface area (Å²) < 4.78 is 2.33. The van der Waals surface area contributed by atoms with Crippen LogP contribution in [0, 0.1) is 5.92 Å². The number of imidazole rings is 1. The highest BCUT2D eigenvalue weighted by Crippen LogP contribution is 2.23. The standard InChI is InChI=1S/C19H23N3/c1-14(2)13-22-17-10-6-9-16(20)19(17)21-18(22)12-11-15-7-4-3-5-8-15/h3-10,14H,11-13,20H2,1-2H3. The molecule has 3 aromatic rings. The lowest BCUT2D eigenvalue weighted by Crippen LogP contribution is -2.09. The van der Waals surface area contributed by atoms with Crippen molar-refractivity contribution < 1.29 is 0 Å². The molecule has 0 bridgehead atoms. The van der Waals surface area contributed by atoms with Crippen LogP contribution >= 0.6 is 0 Å². The van der Waals surface area contributed by atoms with E-state index in [2.05, 4.69) is 54.8 Å². The molecule has 114 valence electrons. The van der Waals surface area contributed by atoms with Crippen molar-refractivity contribution in [2.45, 2.75) is 33.2 Å². The predicted molar refractivity (Wildman–Crippen MR) is 92.8 cm³/mol. The number of benzene rings is 2. The SMILES string of the molecule is CC(C)Cn1c(CCc2ccccc2)nc2c(N)cccc21. The van der Waals surface area contributed by atoms with Crippen LogP contribution in [0.25, 0.3) is 11.0 Å². The Morgan fingerprint density at radius 2 is 1.77 bits per heavy atom. The molecule has 0 aliphatic rings. The summed E-state index contributed by atoms with van der Waals surface area (Å²) in [6.45, 7) is 5.45. The summed E-state index contributed by atoms with van der Waals surface area (Å²) in [6, 6.07) is 16.6. The largest absolute Gasteiger partial charge is 0.397 e. The fraction of sp³-hybridized carbons (Fsp3) is 0.316. The maximum atomic E-state index is 6.10. The number of para-hydroxylation sites is 1. The number of nitrogen functional groups attached to an aromatic ring is 1. The highest BCUT2D eigenvalue weighted by Gasteiger charge is 2.13. The highest BCUT2D eigenvalue weighted by atomic mass is 15.1. The molecule has 0 saturated heterocycles. The van der Waals surface area contributed by atoms with Gasteiger partial charge in [-0.1, -0.05) is 50.2 Å². The molecule has 2 aromatic carbocycles. The number of nitrogens with two attached hydrogens (primary N) is 1. The molecule has 22 heavy (non-hydrogen) atoms. The molecule has 0 aliphatic carbocycles. The first-order valence-electron chi connectivity index (χ1n) is 7.92. The Morgan fingerprint density at radius 1 is 1.00 bits per heavy atom. The average Bonchev–Trinajstić information content (AvgIpc) is 2.85. The van der Waals surface area contributed by atoms with Gasteiger partial charge in [0, 0.05) is 13.0 Å². The number of aryl methyl sites for hydroxylation is 2. The molecule has 0 fully saturated rings. The fourth-order valence-electron chi connectivity index (χ4n) is 2.88. The zero-order chi connectivity index (χ0) is 15.5. The van der Waals surface area contributed by atoms with E-state index in [0.717, 1.165) is 41.9 Å². The van der Waals surface area contributed by atoms with Crippen LogP contribution in [0.15, 0.2) is 48.5 Å². The molecule has 3 nitrogen and oxygen atoms in total. The number of hydrogen-bond acceptors (Lipinski definition) is 2. The minimum Gasteiger partial charge on any atom is -0.397 e. The van der Waals surface area contributed by atoms with Gasteiger partial charge < -0.3 is 10.3 Å². The number of fused-ring (bicyclic) bond motifs is 1. The molecule has 0 unspecified atom stereocenters. The van der Waals surface area contributed by atoms with E-state index in [1.165, 1.54) is 5.56 Å². The van der Waals surface area contributed by atoms with Gasteiger partial charge in [0.1, 0.15) is 11.3 Å². The predicted octanol–water partition coefficient (Wildman–Crippen LogP) is 4.06. The van der Waals surface area contributed by atoms with Crippen molar-refractivity contribution in [3.63, 3.8) is 0 Å². The molecular formula is C19H23N3. The van der Waals surface area contributed by atoms with Crippen LogP contribution in [0.4, 0.5) is 5.69 Å². The van der Waals surface area contributed by atoms with Crippen LogP contribution in [0.1, 0.15) is 25.2 Å². The zero-order valence-corrected chi connectivity index (χ0v) is 13.3. The second-order valence-electron chi connectivity index (χ2n) is 6.23. The Bertz CT molecular complexity index is 757. The number of nitrogens with zero attached hydrogens (tertiary/aromatic N) is 2. The van der Waals surface area contributed by atoms with E-state index in [0.29, 0.717) is 5.92 Å². The van der Waals surface area contributed by atoms with Gasteiger partial charge in [-0.2, -0.15) is 0 Å². The summed E-state index contributed by atoms with van der Waals surface area (Å²) in [5.41, 5.74) is 10.3. The third-order valence-corrected chi connectivity index (χ3v) is 3.92. The van der Waals surface area contributed by atoms with Gasteiger partial charge in [-0.05, 0) is 30.0 Å². The molecule has 0 saturated carbocycles. The summed E-state index contributed by atoms with van der Waals surface area (Å²) in [6.07, 6.45) is 1.94. The summed E-state index contributed by atoms with van der Waals surface area (Å²) in [5, 5.41) is 0. The van der Waals surface area contributed by atoms with Gasteiger partial charge in [-0.15, -0.1) is 0 Å². The Balaban J connectivity index is 1.95. The van der Waals surface area contributed by atoms with Crippen molar-refractivity contribution in [2.24, 2.45) is 5.92 Å². The minimum absolute atomic E-state index is 0.578.